The fourth-order valence-electron chi connectivity index (χ4n) is 2.74. The Bertz CT molecular complexity index is 403. The first-order valence-corrected chi connectivity index (χ1v) is 7.18. The first-order chi connectivity index (χ1) is 8.86. The summed E-state index contributed by atoms with van der Waals surface area (Å²) in [4.78, 5) is 4.30. The molecule has 2 aliphatic carbocycles. The van der Waals surface area contributed by atoms with Crippen molar-refractivity contribution in [1.82, 2.24) is 10.3 Å². The van der Waals surface area contributed by atoms with Crippen molar-refractivity contribution in [2.24, 2.45) is 5.92 Å². The maximum absolute atomic E-state index is 5.53. The molecule has 0 bridgehead atoms. The average Bonchev–Trinajstić information content (AvgIpc) is 3.13. The molecule has 0 amide bonds. The maximum atomic E-state index is 5.53. The van der Waals surface area contributed by atoms with Gasteiger partial charge in [-0.1, -0.05) is 0 Å². The van der Waals surface area contributed by atoms with Crippen LogP contribution in [0.5, 0.6) is 5.75 Å². The van der Waals surface area contributed by atoms with Crippen LogP contribution in [0.3, 0.4) is 0 Å². The second-order valence-electron chi connectivity index (χ2n) is 5.51. The first-order valence-electron chi connectivity index (χ1n) is 7.18. The van der Waals surface area contributed by atoms with Gasteiger partial charge in [-0.2, -0.15) is 0 Å². The lowest BCUT2D eigenvalue weighted by Gasteiger charge is -2.37. The molecule has 2 fully saturated rings. The quantitative estimate of drug-likeness (QED) is 0.838. The summed E-state index contributed by atoms with van der Waals surface area (Å²) in [5.41, 5.74) is 1.36. The van der Waals surface area contributed by atoms with Crippen molar-refractivity contribution in [3.05, 3.63) is 24.0 Å². The van der Waals surface area contributed by atoms with E-state index in [1.165, 1.54) is 37.8 Å². The highest BCUT2D eigenvalue weighted by molar-refractivity contribution is 5.28. The van der Waals surface area contributed by atoms with Crippen LogP contribution < -0.4 is 10.1 Å². The number of aromatic nitrogens is 1. The molecule has 1 aromatic heterocycles. The lowest BCUT2D eigenvalue weighted by Crippen LogP contribution is -2.34. The molecule has 3 nitrogen and oxygen atoms in total. The molecule has 2 aliphatic rings. The number of hydrogen-bond acceptors (Lipinski definition) is 3. The Morgan fingerprint density at radius 3 is 2.83 bits per heavy atom. The van der Waals surface area contributed by atoms with Gasteiger partial charge >= 0.3 is 0 Å². The Morgan fingerprint density at radius 2 is 2.17 bits per heavy atom. The third-order valence-corrected chi connectivity index (χ3v) is 4.14. The van der Waals surface area contributed by atoms with Gasteiger partial charge in [-0.05, 0) is 62.6 Å². The number of ether oxygens (including phenoxy) is 1. The summed E-state index contributed by atoms with van der Waals surface area (Å²) >= 11 is 0. The molecule has 3 rings (SSSR count). The van der Waals surface area contributed by atoms with Gasteiger partial charge < -0.3 is 10.1 Å². The van der Waals surface area contributed by atoms with Crippen molar-refractivity contribution in [3.8, 4) is 5.75 Å². The lowest BCUT2D eigenvalue weighted by molar-refractivity contribution is 0.243. The highest BCUT2D eigenvalue weighted by Gasteiger charge is 2.33. The molecule has 0 aliphatic heterocycles. The molecule has 0 spiro atoms. The zero-order valence-electron chi connectivity index (χ0n) is 11.1. The molecule has 0 aromatic carbocycles. The van der Waals surface area contributed by atoms with E-state index in [0.29, 0.717) is 12.5 Å². The van der Waals surface area contributed by atoms with E-state index in [1.807, 2.05) is 19.3 Å². The van der Waals surface area contributed by atoms with E-state index in [1.54, 1.807) is 0 Å². The highest BCUT2D eigenvalue weighted by Crippen LogP contribution is 2.42. The predicted octanol–water partition coefficient (Wildman–Crippen LogP) is 2.73. The average molecular weight is 246 g/mol. The SMILES string of the molecule is CCOc1cncc(C2CCC2CNC2CC2)c1. The smallest absolute Gasteiger partial charge is 0.137 e. The molecule has 1 heterocycles. The van der Waals surface area contributed by atoms with Gasteiger partial charge in [0.15, 0.2) is 0 Å². The van der Waals surface area contributed by atoms with Crippen LogP contribution in [0.25, 0.3) is 0 Å². The third kappa shape index (κ3) is 2.66. The molecule has 1 N–H and O–H groups in total. The molecule has 0 radical (unpaired) electrons. The number of nitrogens with one attached hydrogen (secondary N) is 1. The highest BCUT2D eigenvalue weighted by atomic mass is 16.5. The van der Waals surface area contributed by atoms with Gasteiger partial charge in [0.25, 0.3) is 0 Å². The number of nitrogens with zero attached hydrogens (tertiary/aromatic N) is 1. The summed E-state index contributed by atoms with van der Waals surface area (Å²) < 4.78 is 5.53. The Labute approximate surface area is 109 Å². The van der Waals surface area contributed by atoms with Crippen LogP contribution in [0.2, 0.25) is 0 Å². The number of pyridine rings is 1. The van der Waals surface area contributed by atoms with Crippen molar-refractivity contribution >= 4 is 0 Å². The van der Waals surface area contributed by atoms with Gasteiger partial charge in [0.1, 0.15) is 5.75 Å². The van der Waals surface area contributed by atoms with E-state index in [4.69, 9.17) is 4.74 Å². The van der Waals surface area contributed by atoms with Crippen molar-refractivity contribution in [2.75, 3.05) is 13.2 Å². The van der Waals surface area contributed by atoms with Gasteiger partial charge in [-0.15, -0.1) is 0 Å². The zero-order chi connectivity index (χ0) is 12.4. The van der Waals surface area contributed by atoms with Gasteiger partial charge in [0, 0.05) is 12.2 Å². The molecule has 2 unspecified atom stereocenters. The van der Waals surface area contributed by atoms with Gasteiger partial charge in [-0.25, -0.2) is 0 Å². The second-order valence-corrected chi connectivity index (χ2v) is 5.51. The Morgan fingerprint density at radius 1 is 1.28 bits per heavy atom. The third-order valence-electron chi connectivity index (χ3n) is 4.14. The first kappa shape index (κ1) is 12.0. The summed E-state index contributed by atoms with van der Waals surface area (Å²) in [6.07, 6.45) is 9.22. The van der Waals surface area contributed by atoms with Crippen LogP contribution in [0.15, 0.2) is 18.5 Å². The molecule has 0 saturated heterocycles. The van der Waals surface area contributed by atoms with Crippen LogP contribution in [0.4, 0.5) is 0 Å². The number of hydrogen-bond donors (Lipinski definition) is 1. The molecule has 2 atom stereocenters. The van der Waals surface area contributed by atoms with Crippen LogP contribution in [0.1, 0.15) is 44.1 Å². The van der Waals surface area contributed by atoms with Crippen molar-refractivity contribution < 1.29 is 4.74 Å². The summed E-state index contributed by atoms with van der Waals surface area (Å²) in [6, 6.07) is 2.99. The summed E-state index contributed by atoms with van der Waals surface area (Å²) in [5.74, 6) is 2.39. The second kappa shape index (κ2) is 5.27. The fraction of sp³-hybridized carbons (Fsp3) is 0.667. The normalized spacial score (nSPS) is 26.7. The Kier molecular flexibility index (Phi) is 3.50. The van der Waals surface area contributed by atoms with E-state index in [0.717, 1.165) is 17.7 Å². The molecular weight excluding hydrogens is 224 g/mol. The van der Waals surface area contributed by atoms with Crippen LogP contribution >= 0.6 is 0 Å². The topological polar surface area (TPSA) is 34.1 Å². The van der Waals surface area contributed by atoms with Crippen LogP contribution in [-0.2, 0) is 0 Å². The number of rotatable bonds is 6. The summed E-state index contributed by atoms with van der Waals surface area (Å²) in [7, 11) is 0. The van der Waals surface area contributed by atoms with E-state index >= 15 is 0 Å². The molecule has 98 valence electrons. The van der Waals surface area contributed by atoms with Crippen molar-refractivity contribution in [1.29, 1.82) is 0 Å². The molecular formula is C15H22N2O. The molecule has 1 aromatic rings. The molecule has 3 heteroatoms. The van der Waals surface area contributed by atoms with Crippen molar-refractivity contribution in [2.45, 2.75) is 44.6 Å². The maximum Gasteiger partial charge on any atom is 0.137 e. The lowest BCUT2D eigenvalue weighted by atomic mass is 9.70. The Balaban J connectivity index is 1.60. The minimum atomic E-state index is 0.684. The Hall–Kier alpha value is -1.09. The van der Waals surface area contributed by atoms with Gasteiger partial charge in [0.05, 0.1) is 12.8 Å². The standard InChI is InChI=1S/C15H22N2O/c1-2-18-14-7-12(8-16-10-14)15-6-3-11(15)9-17-13-4-5-13/h7-8,10-11,13,15,17H,2-6,9H2,1H3. The largest absolute Gasteiger partial charge is 0.492 e. The van der Waals surface area contributed by atoms with Gasteiger partial charge in [-0.3, -0.25) is 4.98 Å². The summed E-state index contributed by atoms with van der Waals surface area (Å²) in [5, 5.41) is 3.65. The van der Waals surface area contributed by atoms with E-state index in [9.17, 15) is 0 Å². The monoisotopic (exact) mass is 246 g/mol. The minimum absolute atomic E-state index is 0.684. The predicted molar refractivity (Wildman–Crippen MR) is 71.9 cm³/mol. The summed E-state index contributed by atoms with van der Waals surface area (Å²) in [6.45, 7) is 3.90. The van der Waals surface area contributed by atoms with E-state index < -0.39 is 0 Å². The van der Waals surface area contributed by atoms with E-state index in [-0.39, 0.29) is 0 Å². The molecule has 18 heavy (non-hydrogen) atoms. The van der Waals surface area contributed by atoms with Crippen LogP contribution in [-0.4, -0.2) is 24.2 Å². The van der Waals surface area contributed by atoms with Crippen molar-refractivity contribution in [3.63, 3.8) is 0 Å². The van der Waals surface area contributed by atoms with Gasteiger partial charge in [0.2, 0.25) is 0 Å². The molecule has 2 saturated carbocycles. The van der Waals surface area contributed by atoms with Crippen LogP contribution in [0, 0.1) is 5.92 Å². The van der Waals surface area contributed by atoms with E-state index in [2.05, 4.69) is 16.4 Å². The fourth-order valence-corrected chi connectivity index (χ4v) is 2.74. The zero-order valence-corrected chi connectivity index (χ0v) is 11.1. The minimum Gasteiger partial charge on any atom is -0.492 e.